The molecule has 3 N–H and O–H groups in total. The third-order valence-electron chi connectivity index (χ3n) is 7.61. The molecule has 9 nitrogen and oxygen atoms in total. The van der Waals surface area contributed by atoms with Gasteiger partial charge < -0.3 is 20.5 Å². The van der Waals surface area contributed by atoms with Crippen molar-refractivity contribution >= 4 is 29.1 Å². The lowest BCUT2D eigenvalue weighted by Crippen LogP contribution is -2.51. The Bertz CT molecular complexity index is 1640. The van der Waals surface area contributed by atoms with E-state index in [1.807, 2.05) is 54.6 Å². The summed E-state index contributed by atoms with van der Waals surface area (Å²) >= 11 is 1.37. The van der Waals surface area contributed by atoms with E-state index in [0.29, 0.717) is 23.2 Å². The highest BCUT2D eigenvalue weighted by Crippen LogP contribution is 2.29. The van der Waals surface area contributed by atoms with Crippen LogP contribution in [0.3, 0.4) is 0 Å². The van der Waals surface area contributed by atoms with E-state index in [0.717, 1.165) is 45.7 Å². The van der Waals surface area contributed by atoms with Crippen molar-refractivity contribution in [2.24, 2.45) is 5.92 Å². The molecule has 248 valence electrons. The Morgan fingerprint density at radius 2 is 1.49 bits per heavy atom. The van der Waals surface area contributed by atoms with Crippen molar-refractivity contribution in [3.8, 4) is 28.3 Å². The van der Waals surface area contributed by atoms with E-state index in [4.69, 9.17) is 4.74 Å². The SMILES string of the molecule is CC(C)CCCOc1ccc(-c2cnc(-c3ccc(CC(NC(=O)c4ccc(C(C)(C)C)s4)C(=O)NC(C)C(=O)O)cc3)nc2)cc1. The monoisotopic (exact) mass is 656 g/mol. The molecule has 0 aliphatic carbocycles. The zero-order valence-electron chi connectivity index (χ0n) is 27.9. The van der Waals surface area contributed by atoms with Gasteiger partial charge in [0.1, 0.15) is 17.8 Å². The minimum Gasteiger partial charge on any atom is -0.494 e. The number of hydrogen-bond donors (Lipinski definition) is 3. The van der Waals surface area contributed by atoms with Crippen LogP contribution in [-0.2, 0) is 21.4 Å². The van der Waals surface area contributed by atoms with E-state index in [2.05, 4.69) is 55.2 Å². The predicted molar refractivity (Wildman–Crippen MR) is 186 cm³/mol. The summed E-state index contributed by atoms with van der Waals surface area (Å²) in [4.78, 5) is 48.3. The lowest BCUT2D eigenvalue weighted by atomic mass is 9.95. The lowest BCUT2D eigenvalue weighted by molar-refractivity contribution is -0.141. The standard InChI is InChI=1S/C37H44N4O5S/c1-23(2)8-7-19-46-29-15-13-26(14-16-29)28-21-38-33(39-22-28)27-11-9-25(10-12-27)20-30(34(42)40-24(3)36(44)45)41-35(43)31-17-18-32(47-31)37(4,5)6/h9-18,21-24,30H,7-8,19-20H2,1-6H3,(H,40,42)(H,41,43)(H,44,45). The Morgan fingerprint density at radius 3 is 2.06 bits per heavy atom. The van der Waals surface area contributed by atoms with Crippen LogP contribution >= 0.6 is 11.3 Å². The average molecular weight is 657 g/mol. The van der Waals surface area contributed by atoms with Gasteiger partial charge in [0.15, 0.2) is 5.82 Å². The number of ether oxygens (including phenoxy) is 1. The first kappa shape index (κ1) is 35.3. The van der Waals surface area contributed by atoms with Crippen LogP contribution in [0.4, 0.5) is 0 Å². The van der Waals surface area contributed by atoms with Gasteiger partial charge in [0, 0.05) is 34.8 Å². The molecule has 2 heterocycles. The zero-order chi connectivity index (χ0) is 34.1. The quantitative estimate of drug-likeness (QED) is 0.126. The van der Waals surface area contributed by atoms with Crippen molar-refractivity contribution in [1.82, 2.24) is 20.6 Å². The Morgan fingerprint density at radius 1 is 0.851 bits per heavy atom. The number of carbonyl (C=O) groups excluding carboxylic acids is 2. The first-order chi connectivity index (χ1) is 22.3. The average Bonchev–Trinajstić information content (AvgIpc) is 3.55. The van der Waals surface area contributed by atoms with E-state index in [9.17, 15) is 19.5 Å². The number of aliphatic carboxylic acids is 1. The molecule has 0 fully saturated rings. The van der Waals surface area contributed by atoms with Crippen molar-refractivity contribution in [1.29, 1.82) is 0 Å². The molecule has 0 aliphatic heterocycles. The molecule has 4 aromatic rings. The molecule has 0 bridgehead atoms. The van der Waals surface area contributed by atoms with Gasteiger partial charge in [-0.05, 0) is 66.5 Å². The Hall–Kier alpha value is -4.57. The van der Waals surface area contributed by atoms with Crippen LogP contribution < -0.4 is 15.4 Å². The van der Waals surface area contributed by atoms with E-state index < -0.39 is 24.0 Å². The van der Waals surface area contributed by atoms with Gasteiger partial charge in [0.05, 0.1) is 11.5 Å². The van der Waals surface area contributed by atoms with Gasteiger partial charge in [-0.25, -0.2) is 9.97 Å². The van der Waals surface area contributed by atoms with Gasteiger partial charge in [-0.2, -0.15) is 0 Å². The fourth-order valence-corrected chi connectivity index (χ4v) is 5.72. The van der Waals surface area contributed by atoms with Crippen LogP contribution in [0.2, 0.25) is 0 Å². The van der Waals surface area contributed by atoms with Crippen molar-refractivity contribution in [3.05, 3.63) is 88.4 Å². The topological polar surface area (TPSA) is 131 Å². The number of thiophene rings is 1. The van der Waals surface area contributed by atoms with E-state index in [1.165, 1.54) is 18.3 Å². The molecule has 0 aliphatic rings. The number of amides is 2. The van der Waals surface area contributed by atoms with Crippen molar-refractivity contribution in [3.63, 3.8) is 0 Å². The number of benzene rings is 2. The number of carbonyl (C=O) groups is 3. The summed E-state index contributed by atoms with van der Waals surface area (Å²) < 4.78 is 5.85. The molecule has 0 spiro atoms. The smallest absolute Gasteiger partial charge is 0.325 e. The summed E-state index contributed by atoms with van der Waals surface area (Å²) in [5.41, 5.74) is 3.33. The first-order valence-corrected chi connectivity index (χ1v) is 16.7. The molecular weight excluding hydrogens is 612 g/mol. The molecule has 2 aromatic carbocycles. The second-order valence-corrected chi connectivity index (χ2v) is 14.2. The van der Waals surface area contributed by atoms with E-state index >= 15 is 0 Å². The van der Waals surface area contributed by atoms with E-state index in [1.54, 1.807) is 18.5 Å². The number of hydrogen-bond acceptors (Lipinski definition) is 7. The summed E-state index contributed by atoms with van der Waals surface area (Å²) in [6.45, 7) is 12.7. The minimum absolute atomic E-state index is 0.115. The fraction of sp³-hybridized carbons (Fsp3) is 0.378. The van der Waals surface area contributed by atoms with Crippen LogP contribution in [0, 0.1) is 5.92 Å². The van der Waals surface area contributed by atoms with Gasteiger partial charge in [-0.15, -0.1) is 11.3 Å². The molecule has 2 aromatic heterocycles. The third kappa shape index (κ3) is 10.2. The molecule has 0 radical (unpaired) electrons. The minimum atomic E-state index is -1.16. The third-order valence-corrected chi connectivity index (χ3v) is 9.12. The van der Waals surface area contributed by atoms with Crippen molar-refractivity contribution in [2.45, 2.75) is 78.3 Å². The number of carboxylic acid groups (broad SMARTS) is 1. The lowest BCUT2D eigenvalue weighted by Gasteiger charge is -2.20. The molecule has 2 unspecified atom stereocenters. The van der Waals surface area contributed by atoms with Crippen molar-refractivity contribution < 1.29 is 24.2 Å². The summed E-state index contributed by atoms with van der Waals surface area (Å²) in [6.07, 6.45) is 5.90. The van der Waals surface area contributed by atoms with Gasteiger partial charge in [0.2, 0.25) is 5.91 Å². The fourth-order valence-electron chi connectivity index (χ4n) is 4.75. The second-order valence-electron chi connectivity index (χ2n) is 13.1. The maximum absolute atomic E-state index is 13.1. The molecule has 0 saturated carbocycles. The first-order valence-electron chi connectivity index (χ1n) is 15.9. The van der Waals surface area contributed by atoms with Gasteiger partial charge in [0.25, 0.3) is 5.91 Å². The molecule has 4 rings (SSSR count). The molecular formula is C37H44N4O5S. The van der Waals surface area contributed by atoms with Crippen LogP contribution in [0.25, 0.3) is 22.5 Å². The molecule has 10 heteroatoms. The van der Waals surface area contributed by atoms with Crippen LogP contribution in [0.15, 0.2) is 73.1 Å². The highest BCUT2D eigenvalue weighted by atomic mass is 32.1. The molecule has 2 atom stereocenters. The zero-order valence-corrected chi connectivity index (χ0v) is 28.7. The van der Waals surface area contributed by atoms with Crippen LogP contribution in [0.5, 0.6) is 5.75 Å². The number of rotatable bonds is 14. The number of nitrogens with one attached hydrogen (secondary N) is 2. The summed E-state index contributed by atoms with van der Waals surface area (Å²) in [6, 6.07) is 16.9. The largest absolute Gasteiger partial charge is 0.494 e. The van der Waals surface area contributed by atoms with Gasteiger partial charge >= 0.3 is 5.97 Å². The van der Waals surface area contributed by atoms with Gasteiger partial charge in [-0.3, -0.25) is 14.4 Å². The maximum atomic E-state index is 13.1. The van der Waals surface area contributed by atoms with Crippen molar-refractivity contribution in [2.75, 3.05) is 6.61 Å². The number of nitrogens with zero attached hydrogens (tertiary/aromatic N) is 2. The van der Waals surface area contributed by atoms with Gasteiger partial charge in [-0.1, -0.05) is 71.0 Å². The van der Waals surface area contributed by atoms with Crippen LogP contribution in [-0.4, -0.2) is 51.5 Å². The number of carboxylic acids is 1. The molecule has 47 heavy (non-hydrogen) atoms. The highest BCUT2D eigenvalue weighted by molar-refractivity contribution is 7.14. The maximum Gasteiger partial charge on any atom is 0.325 e. The predicted octanol–water partition coefficient (Wildman–Crippen LogP) is 6.92. The Labute approximate surface area is 280 Å². The highest BCUT2D eigenvalue weighted by Gasteiger charge is 2.26. The summed E-state index contributed by atoms with van der Waals surface area (Å²) in [7, 11) is 0. The van der Waals surface area contributed by atoms with E-state index in [-0.39, 0.29) is 17.7 Å². The normalized spacial score (nSPS) is 12.7. The van der Waals surface area contributed by atoms with Crippen LogP contribution in [0.1, 0.15) is 74.5 Å². The summed E-state index contributed by atoms with van der Waals surface area (Å²) in [5.74, 6) is -0.0630. The number of aromatic nitrogens is 2. The molecule has 0 saturated heterocycles. The second kappa shape index (κ2) is 15.8. The Kier molecular flexibility index (Phi) is 11.9. The Balaban J connectivity index is 1.42. The molecule has 2 amide bonds. The summed E-state index contributed by atoms with van der Waals surface area (Å²) in [5, 5.41) is 14.6.